The fraction of sp³-hybridized carbons (Fsp3) is 0.348. The molecule has 2 N–H and O–H groups in total. The molecule has 0 bridgehead atoms. The highest BCUT2D eigenvalue weighted by Crippen LogP contribution is 2.36. The molecule has 2 aromatic heterocycles. The number of carbonyl (C=O) groups is 2. The molecule has 35 heavy (non-hydrogen) atoms. The van der Waals surface area contributed by atoms with Crippen molar-refractivity contribution in [3.05, 3.63) is 58.7 Å². The third-order valence-corrected chi connectivity index (χ3v) is 5.54. The first-order chi connectivity index (χ1) is 16.8. The van der Waals surface area contributed by atoms with Gasteiger partial charge in [-0.1, -0.05) is 42.5 Å². The molecule has 1 fully saturated rings. The summed E-state index contributed by atoms with van der Waals surface area (Å²) in [6.45, 7) is 1.25. The van der Waals surface area contributed by atoms with Crippen LogP contribution in [0, 0.1) is 0 Å². The lowest BCUT2D eigenvalue weighted by atomic mass is 10.1. The van der Waals surface area contributed by atoms with Gasteiger partial charge in [0.25, 0.3) is 0 Å². The Bertz CT molecular complexity index is 1320. The summed E-state index contributed by atoms with van der Waals surface area (Å²) in [4.78, 5) is 45.1. The van der Waals surface area contributed by atoms with Gasteiger partial charge in [-0.3, -0.25) is 14.2 Å². The van der Waals surface area contributed by atoms with Gasteiger partial charge in [0, 0.05) is 13.5 Å². The molecule has 3 aromatic rings. The van der Waals surface area contributed by atoms with Crippen molar-refractivity contribution in [2.45, 2.75) is 44.5 Å². The molecule has 1 aliphatic rings. The number of halogens is 1. The number of imidazole rings is 1. The number of nitrogens with zero attached hydrogens (tertiary/aromatic N) is 4. The Hall–Kier alpha value is -4.06. The summed E-state index contributed by atoms with van der Waals surface area (Å²) in [6, 6.07) is 9.48. The molecule has 4 rings (SSSR count). The first-order valence-corrected chi connectivity index (χ1v) is 10.8. The summed E-state index contributed by atoms with van der Waals surface area (Å²) in [5, 5.41) is 0. The number of carbonyl (C=O) groups excluding carboxylic acids is 2. The van der Waals surface area contributed by atoms with Gasteiger partial charge in [0.2, 0.25) is 5.95 Å². The molecule has 0 unspecified atom stereocenters. The van der Waals surface area contributed by atoms with E-state index in [-0.39, 0.29) is 18.1 Å². The number of hydrogen-bond acceptors (Lipinski definition) is 9. The topological polar surface area (TPSA) is 141 Å². The Morgan fingerprint density at radius 1 is 1.29 bits per heavy atom. The number of ether oxygens (including phenoxy) is 3. The molecule has 184 valence electrons. The molecule has 3 heterocycles. The highest BCUT2D eigenvalue weighted by molar-refractivity contribution is 5.72. The van der Waals surface area contributed by atoms with Gasteiger partial charge in [-0.2, -0.15) is 4.98 Å². The molecule has 1 aliphatic heterocycles. The van der Waals surface area contributed by atoms with Crippen LogP contribution in [0.1, 0.15) is 25.1 Å². The zero-order valence-electron chi connectivity index (χ0n) is 19.0. The van der Waals surface area contributed by atoms with Crippen molar-refractivity contribution in [1.82, 2.24) is 19.1 Å². The number of allylic oxidation sites excluding steroid dienone is 1. The van der Waals surface area contributed by atoms with Gasteiger partial charge < -0.3 is 19.9 Å². The SMILES string of the molecule is COC(=O)C[C@H]1O[C@@H](n2c(=O)n(C/C=C/c3ccccc3)c3cnc(N)nc32)[C@H](OC(C)=O)[C@@H]1F. The molecular weight excluding hydrogens is 461 g/mol. The number of esters is 2. The summed E-state index contributed by atoms with van der Waals surface area (Å²) < 4.78 is 33.2. The number of hydrogen-bond donors (Lipinski definition) is 1. The second-order valence-corrected chi connectivity index (χ2v) is 7.88. The van der Waals surface area contributed by atoms with E-state index in [9.17, 15) is 14.4 Å². The van der Waals surface area contributed by atoms with Gasteiger partial charge in [0.15, 0.2) is 24.2 Å². The number of nitrogens with two attached hydrogens (primary N) is 1. The zero-order valence-corrected chi connectivity index (χ0v) is 19.0. The van der Waals surface area contributed by atoms with E-state index in [1.165, 1.54) is 10.8 Å². The first kappa shape index (κ1) is 24.1. The summed E-state index contributed by atoms with van der Waals surface area (Å²) in [5.74, 6) is -1.61. The quantitative estimate of drug-likeness (QED) is 0.494. The van der Waals surface area contributed by atoms with Crippen LogP contribution in [0.5, 0.6) is 0 Å². The third kappa shape index (κ3) is 4.92. The predicted molar refractivity (Wildman–Crippen MR) is 123 cm³/mol. The van der Waals surface area contributed by atoms with Crippen LogP contribution in [0.3, 0.4) is 0 Å². The monoisotopic (exact) mass is 485 g/mol. The van der Waals surface area contributed by atoms with Crippen molar-refractivity contribution in [3.8, 4) is 0 Å². The summed E-state index contributed by atoms with van der Waals surface area (Å²) in [7, 11) is 1.16. The van der Waals surface area contributed by atoms with Crippen molar-refractivity contribution in [2.75, 3.05) is 12.8 Å². The van der Waals surface area contributed by atoms with E-state index in [0.29, 0.717) is 5.52 Å². The summed E-state index contributed by atoms with van der Waals surface area (Å²) in [5.41, 5.74) is 6.48. The largest absolute Gasteiger partial charge is 0.469 e. The van der Waals surface area contributed by atoms with Gasteiger partial charge in [-0.25, -0.2) is 18.7 Å². The lowest BCUT2D eigenvalue weighted by Crippen LogP contribution is -2.37. The minimum atomic E-state index is -1.90. The zero-order chi connectivity index (χ0) is 25.1. The third-order valence-electron chi connectivity index (χ3n) is 5.54. The van der Waals surface area contributed by atoms with Crippen molar-refractivity contribution in [3.63, 3.8) is 0 Å². The first-order valence-electron chi connectivity index (χ1n) is 10.8. The molecule has 0 radical (unpaired) electrons. The van der Waals surface area contributed by atoms with E-state index in [0.717, 1.165) is 24.2 Å². The van der Waals surface area contributed by atoms with Crippen LogP contribution < -0.4 is 11.4 Å². The number of alkyl halides is 1. The highest BCUT2D eigenvalue weighted by atomic mass is 19.1. The molecule has 1 aromatic carbocycles. The number of methoxy groups -OCH3 is 1. The minimum absolute atomic E-state index is 0.0729. The van der Waals surface area contributed by atoms with E-state index < -0.39 is 48.7 Å². The lowest BCUT2D eigenvalue weighted by molar-refractivity contribution is -0.154. The standard InChI is InChI=1S/C23H24FN5O6/c1-13(30)34-19-18(24)16(11-17(31)33-2)35-21(19)29-20-15(12-26-22(25)27-20)28(23(29)32)10-6-9-14-7-4-3-5-8-14/h3-9,12,16,18-19,21H,10-11H2,1-2H3,(H2,25,26,27)/b9-6+/t16-,18-,19-,21-/m1/s1. The van der Waals surface area contributed by atoms with Crippen LogP contribution in [-0.2, 0) is 30.3 Å². The van der Waals surface area contributed by atoms with Crippen molar-refractivity contribution >= 4 is 35.1 Å². The van der Waals surface area contributed by atoms with E-state index in [4.69, 9.17) is 15.2 Å². The van der Waals surface area contributed by atoms with Gasteiger partial charge >= 0.3 is 17.6 Å². The van der Waals surface area contributed by atoms with Crippen LogP contribution in [0.4, 0.5) is 10.3 Å². The Morgan fingerprint density at radius 3 is 2.71 bits per heavy atom. The van der Waals surface area contributed by atoms with E-state index >= 15 is 4.39 Å². The van der Waals surface area contributed by atoms with E-state index in [2.05, 4.69) is 14.7 Å². The predicted octanol–water partition coefficient (Wildman–Crippen LogP) is 1.62. The molecule has 0 aliphatic carbocycles. The van der Waals surface area contributed by atoms with E-state index in [1.807, 2.05) is 36.4 Å². The van der Waals surface area contributed by atoms with Crippen LogP contribution in [0.25, 0.3) is 17.2 Å². The molecule has 0 spiro atoms. The molecule has 0 amide bonds. The molecule has 1 saturated heterocycles. The molecule has 11 nitrogen and oxygen atoms in total. The number of anilines is 1. The van der Waals surface area contributed by atoms with Gasteiger partial charge in [0.1, 0.15) is 11.6 Å². The van der Waals surface area contributed by atoms with Gasteiger partial charge in [0.05, 0.1) is 19.7 Å². The molecular formula is C23H24FN5O6. The summed E-state index contributed by atoms with van der Waals surface area (Å²) in [6.07, 6.45) is -1.55. The van der Waals surface area contributed by atoms with Crippen molar-refractivity contribution in [2.24, 2.45) is 0 Å². The Kier molecular flexibility index (Phi) is 6.92. The number of aromatic nitrogens is 4. The van der Waals surface area contributed by atoms with Gasteiger partial charge in [-0.15, -0.1) is 0 Å². The average Bonchev–Trinajstić information content (AvgIpc) is 3.27. The number of benzene rings is 1. The maximum atomic E-state index is 15.3. The smallest absolute Gasteiger partial charge is 0.332 e. The van der Waals surface area contributed by atoms with Gasteiger partial charge in [-0.05, 0) is 5.56 Å². The summed E-state index contributed by atoms with van der Waals surface area (Å²) >= 11 is 0. The van der Waals surface area contributed by atoms with Crippen molar-refractivity contribution in [1.29, 1.82) is 0 Å². The second-order valence-electron chi connectivity index (χ2n) is 7.88. The number of rotatable bonds is 7. The molecule has 12 heteroatoms. The maximum Gasteiger partial charge on any atom is 0.332 e. The van der Waals surface area contributed by atoms with Crippen LogP contribution in [-0.4, -0.2) is 56.5 Å². The Morgan fingerprint density at radius 2 is 2.03 bits per heavy atom. The second kappa shape index (κ2) is 10.1. The normalized spacial score (nSPS) is 22.0. The Balaban J connectivity index is 1.76. The fourth-order valence-electron chi connectivity index (χ4n) is 3.97. The Labute approximate surface area is 198 Å². The minimum Gasteiger partial charge on any atom is -0.469 e. The average molecular weight is 485 g/mol. The fourth-order valence-corrected chi connectivity index (χ4v) is 3.97. The molecule has 0 saturated carbocycles. The highest BCUT2D eigenvalue weighted by Gasteiger charge is 2.50. The number of nitrogen functional groups attached to an aromatic ring is 1. The van der Waals surface area contributed by atoms with Crippen LogP contribution in [0.15, 0.2) is 47.4 Å². The maximum absolute atomic E-state index is 15.3. The van der Waals surface area contributed by atoms with Crippen molar-refractivity contribution < 1.29 is 28.2 Å². The lowest BCUT2D eigenvalue weighted by Gasteiger charge is -2.19. The van der Waals surface area contributed by atoms with Crippen LogP contribution in [0.2, 0.25) is 0 Å². The number of fused-ring (bicyclic) bond motifs is 1. The van der Waals surface area contributed by atoms with E-state index in [1.54, 1.807) is 6.08 Å². The van der Waals surface area contributed by atoms with Crippen LogP contribution >= 0.6 is 0 Å². The molecule has 4 atom stereocenters.